The Hall–Kier alpha value is -0.860. The lowest BCUT2D eigenvalue weighted by atomic mass is 10.0. The Bertz CT molecular complexity index is 349. The average molecular weight is 214 g/mol. The van der Waals surface area contributed by atoms with E-state index in [1.807, 2.05) is 6.92 Å². The molecule has 0 aliphatic rings. The quantitative estimate of drug-likeness (QED) is 0.760. The fraction of sp³-hybridized carbons (Fsp3) is 0.273. The van der Waals surface area contributed by atoms with E-state index in [0.29, 0.717) is 0 Å². The topological polar surface area (TPSA) is 12.0 Å². The molecule has 0 aliphatic carbocycles. The predicted molar refractivity (Wildman–Crippen MR) is 58.0 cm³/mol. The van der Waals surface area contributed by atoms with E-state index in [2.05, 4.69) is 11.9 Å². The first-order chi connectivity index (χ1) is 6.57. The third-order valence-electron chi connectivity index (χ3n) is 2.07. The van der Waals surface area contributed by atoms with Gasteiger partial charge in [0.15, 0.2) is 0 Å². The van der Waals surface area contributed by atoms with Gasteiger partial charge in [-0.2, -0.15) is 0 Å². The van der Waals surface area contributed by atoms with E-state index in [9.17, 15) is 4.39 Å². The van der Waals surface area contributed by atoms with Crippen LogP contribution in [0.2, 0.25) is 5.02 Å². The number of benzene rings is 1. The van der Waals surface area contributed by atoms with Crippen molar-refractivity contribution in [3.63, 3.8) is 0 Å². The van der Waals surface area contributed by atoms with Gasteiger partial charge in [0.05, 0.1) is 11.1 Å². The molecule has 0 heterocycles. The molecule has 76 valence electrons. The Morgan fingerprint density at radius 1 is 1.57 bits per heavy atom. The third-order valence-corrected chi connectivity index (χ3v) is 2.47. The fourth-order valence-corrected chi connectivity index (χ4v) is 1.65. The van der Waals surface area contributed by atoms with Crippen molar-refractivity contribution in [2.75, 3.05) is 7.05 Å². The van der Waals surface area contributed by atoms with Crippen molar-refractivity contribution in [3.8, 4) is 0 Å². The maximum absolute atomic E-state index is 13.1. The minimum atomic E-state index is -0.398. The molecule has 0 fully saturated rings. The molecule has 0 saturated heterocycles. The van der Waals surface area contributed by atoms with Crippen LogP contribution in [0.3, 0.4) is 0 Å². The summed E-state index contributed by atoms with van der Waals surface area (Å²) in [6, 6.07) is 4.68. The molecule has 14 heavy (non-hydrogen) atoms. The van der Waals surface area contributed by atoms with Crippen molar-refractivity contribution in [2.45, 2.75) is 13.0 Å². The Kier molecular flexibility index (Phi) is 3.67. The van der Waals surface area contributed by atoms with Gasteiger partial charge >= 0.3 is 0 Å². The summed E-state index contributed by atoms with van der Waals surface area (Å²) in [7, 11) is 1.79. The van der Waals surface area contributed by atoms with Crippen LogP contribution in [0.5, 0.6) is 0 Å². The lowest BCUT2D eigenvalue weighted by molar-refractivity contribution is 0.615. The fourth-order valence-electron chi connectivity index (χ4n) is 1.41. The van der Waals surface area contributed by atoms with E-state index in [-0.39, 0.29) is 11.1 Å². The molecule has 1 atom stereocenters. The standard InChI is InChI=1S/C11H13ClFN/c1-7(2)11(14-3)8-5-4-6-9(13)10(8)12/h4-6,11,14H,1H2,2-3H3. The number of likely N-dealkylation sites (N-methyl/N-ethyl adjacent to an activating group) is 1. The first-order valence-electron chi connectivity index (χ1n) is 4.34. The second-order valence-corrected chi connectivity index (χ2v) is 3.59. The molecule has 1 N–H and O–H groups in total. The lowest BCUT2D eigenvalue weighted by Gasteiger charge is -2.18. The van der Waals surface area contributed by atoms with Crippen LogP contribution in [-0.2, 0) is 0 Å². The SMILES string of the molecule is C=C(C)C(NC)c1cccc(F)c1Cl. The third kappa shape index (κ3) is 2.14. The highest BCUT2D eigenvalue weighted by atomic mass is 35.5. The molecular weight excluding hydrogens is 201 g/mol. The van der Waals surface area contributed by atoms with Crippen LogP contribution in [0.4, 0.5) is 4.39 Å². The molecule has 0 aromatic heterocycles. The van der Waals surface area contributed by atoms with Crippen LogP contribution in [0.1, 0.15) is 18.5 Å². The van der Waals surface area contributed by atoms with Gasteiger partial charge in [-0.15, -0.1) is 0 Å². The van der Waals surface area contributed by atoms with E-state index in [1.165, 1.54) is 6.07 Å². The average Bonchev–Trinajstić information content (AvgIpc) is 2.13. The van der Waals surface area contributed by atoms with Gasteiger partial charge in [-0.3, -0.25) is 0 Å². The van der Waals surface area contributed by atoms with Crippen molar-refractivity contribution in [3.05, 3.63) is 46.8 Å². The van der Waals surface area contributed by atoms with Gasteiger partial charge in [0.25, 0.3) is 0 Å². The summed E-state index contributed by atoms with van der Waals surface area (Å²) in [6.45, 7) is 5.71. The maximum atomic E-state index is 13.1. The summed E-state index contributed by atoms with van der Waals surface area (Å²) < 4.78 is 13.1. The van der Waals surface area contributed by atoms with Gasteiger partial charge in [-0.25, -0.2) is 4.39 Å². The maximum Gasteiger partial charge on any atom is 0.142 e. The highest BCUT2D eigenvalue weighted by Gasteiger charge is 2.15. The van der Waals surface area contributed by atoms with Crippen molar-refractivity contribution < 1.29 is 4.39 Å². The van der Waals surface area contributed by atoms with Crippen LogP contribution in [0, 0.1) is 5.82 Å². The summed E-state index contributed by atoms with van der Waals surface area (Å²) in [5.74, 6) is -0.398. The van der Waals surface area contributed by atoms with E-state index in [4.69, 9.17) is 11.6 Å². The first-order valence-corrected chi connectivity index (χ1v) is 4.72. The highest BCUT2D eigenvalue weighted by molar-refractivity contribution is 6.31. The predicted octanol–water partition coefficient (Wildman–Crippen LogP) is 3.32. The lowest BCUT2D eigenvalue weighted by Crippen LogP contribution is -2.17. The summed E-state index contributed by atoms with van der Waals surface area (Å²) in [5.41, 5.74) is 1.63. The molecule has 1 nitrogen and oxygen atoms in total. The molecule has 1 aromatic carbocycles. The van der Waals surface area contributed by atoms with E-state index in [0.717, 1.165) is 11.1 Å². The van der Waals surface area contributed by atoms with Crippen molar-refractivity contribution in [2.24, 2.45) is 0 Å². The van der Waals surface area contributed by atoms with Crippen molar-refractivity contribution >= 4 is 11.6 Å². The molecule has 0 amide bonds. The van der Waals surface area contributed by atoms with Gasteiger partial charge in [-0.05, 0) is 25.6 Å². The zero-order valence-electron chi connectivity index (χ0n) is 8.27. The zero-order chi connectivity index (χ0) is 10.7. The van der Waals surface area contributed by atoms with Crippen molar-refractivity contribution in [1.29, 1.82) is 0 Å². The molecule has 0 saturated carbocycles. The Morgan fingerprint density at radius 3 is 2.71 bits per heavy atom. The smallest absolute Gasteiger partial charge is 0.142 e. The van der Waals surface area contributed by atoms with Gasteiger partial charge in [0.1, 0.15) is 5.82 Å². The number of nitrogens with one attached hydrogen (secondary N) is 1. The molecular formula is C11H13ClFN. The van der Waals surface area contributed by atoms with E-state index >= 15 is 0 Å². The Morgan fingerprint density at radius 2 is 2.21 bits per heavy atom. The molecule has 0 radical (unpaired) electrons. The van der Waals surface area contributed by atoms with E-state index in [1.54, 1.807) is 19.2 Å². The largest absolute Gasteiger partial charge is 0.310 e. The minimum absolute atomic E-state index is 0.0989. The zero-order valence-corrected chi connectivity index (χ0v) is 9.03. The van der Waals surface area contributed by atoms with E-state index < -0.39 is 5.82 Å². The summed E-state index contributed by atoms with van der Waals surface area (Å²) in [5, 5.41) is 3.20. The Balaban J connectivity index is 3.16. The summed E-state index contributed by atoms with van der Waals surface area (Å²) in [4.78, 5) is 0. The van der Waals surface area contributed by atoms with Gasteiger partial charge in [0, 0.05) is 0 Å². The molecule has 0 bridgehead atoms. The second-order valence-electron chi connectivity index (χ2n) is 3.21. The normalized spacial score (nSPS) is 12.6. The summed E-state index contributed by atoms with van der Waals surface area (Å²) in [6.07, 6.45) is 0. The number of hydrogen-bond acceptors (Lipinski definition) is 1. The van der Waals surface area contributed by atoms with Crippen LogP contribution >= 0.6 is 11.6 Å². The molecule has 1 rings (SSSR count). The van der Waals surface area contributed by atoms with Gasteiger partial charge in [0.2, 0.25) is 0 Å². The van der Waals surface area contributed by atoms with Crippen LogP contribution in [0.15, 0.2) is 30.4 Å². The van der Waals surface area contributed by atoms with Gasteiger partial charge in [-0.1, -0.05) is 35.9 Å². The van der Waals surface area contributed by atoms with Gasteiger partial charge < -0.3 is 5.32 Å². The summed E-state index contributed by atoms with van der Waals surface area (Å²) >= 11 is 5.85. The number of rotatable bonds is 3. The van der Waals surface area contributed by atoms with Crippen molar-refractivity contribution in [1.82, 2.24) is 5.32 Å². The monoisotopic (exact) mass is 213 g/mol. The molecule has 0 spiro atoms. The van der Waals surface area contributed by atoms with Crippen LogP contribution in [-0.4, -0.2) is 7.05 Å². The van der Waals surface area contributed by atoms with Crippen LogP contribution in [0.25, 0.3) is 0 Å². The minimum Gasteiger partial charge on any atom is -0.310 e. The number of hydrogen-bond donors (Lipinski definition) is 1. The van der Waals surface area contributed by atoms with Crippen LogP contribution < -0.4 is 5.32 Å². The first kappa shape index (κ1) is 11.2. The highest BCUT2D eigenvalue weighted by Crippen LogP contribution is 2.28. The molecule has 3 heteroatoms. The Labute approximate surface area is 88.6 Å². The number of halogens is 2. The molecule has 0 aliphatic heterocycles. The second kappa shape index (κ2) is 4.58. The molecule has 1 aromatic rings. The molecule has 1 unspecified atom stereocenters.